The van der Waals surface area contributed by atoms with E-state index in [4.69, 9.17) is 4.74 Å². The van der Waals surface area contributed by atoms with Crippen molar-refractivity contribution < 1.29 is 4.74 Å². The quantitative estimate of drug-likeness (QED) is 0.696. The lowest BCUT2D eigenvalue weighted by Crippen LogP contribution is -2.34. The molecule has 1 rings (SSSR count). The predicted octanol–water partition coefficient (Wildman–Crippen LogP) is 2.44. The molecule has 0 atom stereocenters. The van der Waals surface area contributed by atoms with E-state index >= 15 is 0 Å². The minimum absolute atomic E-state index is 0.418. The number of aromatic nitrogens is 1. The zero-order valence-corrected chi connectivity index (χ0v) is 12.6. The molecule has 0 aliphatic heterocycles. The van der Waals surface area contributed by atoms with Crippen molar-refractivity contribution in [1.82, 2.24) is 10.3 Å². The van der Waals surface area contributed by atoms with E-state index in [1.54, 1.807) is 7.11 Å². The van der Waals surface area contributed by atoms with Crippen LogP contribution in [0.5, 0.6) is 0 Å². The van der Waals surface area contributed by atoms with Gasteiger partial charge in [-0.1, -0.05) is 6.92 Å². The van der Waals surface area contributed by atoms with Gasteiger partial charge in [0.25, 0.3) is 0 Å². The standard InChI is InChI=1S/C15H27N3O/c1-5-7-16-12-14-6-8-17-15(11-14)18(13(2)3)9-10-19-4/h6,8,11,13,16H,5,7,9-10,12H2,1-4H3. The Morgan fingerprint density at radius 1 is 1.42 bits per heavy atom. The average Bonchev–Trinajstić information content (AvgIpc) is 2.40. The zero-order chi connectivity index (χ0) is 14.1. The first-order valence-electron chi connectivity index (χ1n) is 7.10. The maximum absolute atomic E-state index is 5.17. The van der Waals surface area contributed by atoms with Crippen molar-refractivity contribution in [3.05, 3.63) is 23.9 Å². The van der Waals surface area contributed by atoms with Crippen LogP contribution in [0, 0.1) is 0 Å². The van der Waals surface area contributed by atoms with E-state index in [1.165, 1.54) is 5.56 Å². The van der Waals surface area contributed by atoms with Gasteiger partial charge in [-0.25, -0.2) is 4.98 Å². The minimum atomic E-state index is 0.418. The van der Waals surface area contributed by atoms with Crippen LogP contribution >= 0.6 is 0 Å². The summed E-state index contributed by atoms with van der Waals surface area (Å²) >= 11 is 0. The Morgan fingerprint density at radius 2 is 2.21 bits per heavy atom. The van der Waals surface area contributed by atoms with Gasteiger partial charge in [-0.05, 0) is 44.5 Å². The molecule has 0 aliphatic carbocycles. The van der Waals surface area contributed by atoms with Gasteiger partial charge in [0, 0.05) is 32.4 Å². The van der Waals surface area contributed by atoms with Crippen LogP contribution in [0.25, 0.3) is 0 Å². The van der Waals surface area contributed by atoms with Crippen LogP contribution in [0.2, 0.25) is 0 Å². The van der Waals surface area contributed by atoms with Crippen molar-refractivity contribution in [3.63, 3.8) is 0 Å². The lowest BCUT2D eigenvalue weighted by molar-refractivity contribution is 0.203. The van der Waals surface area contributed by atoms with E-state index in [1.807, 2.05) is 6.20 Å². The summed E-state index contributed by atoms with van der Waals surface area (Å²) in [5, 5.41) is 3.42. The van der Waals surface area contributed by atoms with Crippen LogP contribution in [0.4, 0.5) is 5.82 Å². The molecule has 0 fully saturated rings. The fourth-order valence-electron chi connectivity index (χ4n) is 1.96. The molecule has 0 amide bonds. The molecule has 1 aromatic rings. The van der Waals surface area contributed by atoms with Crippen LogP contribution < -0.4 is 10.2 Å². The molecule has 0 saturated carbocycles. The van der Waals surface area contributed by atoms with Crippen LogP contribution in [0.15, 0.2) is 18.3 Å². The Balaban J connectivity index is 2.70. The maximum Gasteiger partial charge on any atom is 0.129 e. The average molecular weight is 265 g/mol. The van der Waals surface area contributed by atoms with Crippen molar-refractivity contribution >= 4 is 5.82 Å². The van der Waals surface area contributed by atoms with Crippen molar-refractivity contribution in [2.45, 2.75) is 39.8 Å². The van der Waals surface area contributed by atoms with E-state index in [-0.39, 0.29) is 0 Å². The molecule has 0 radical (unpaired) electrons. The first kappa shape index (κ1) is 15.9. The Labute approximate surface area is 117 Å². The number of hydrogen-bond donors (Lipinski definition) is 1. The molecule has 19 heavy (non-hydrogen) atoms. The highest BCUT2D eigenvalue weighted by Gasteiger charge is 2.11. The number of pyridine rings is 1. The molecule has 0 spiro atoms. The van der Waals surface area contributed by atoms with Gasteiger partial charge in [0.05, 0.1) is 6.61 Å². The van der Waals surface area contributed by atoms with Crippen LogP contribution in [0.1, 0.15) is 32.8 Å². The molecule has 0 unspecified atom stereocenters. The van der Waals surface area contributed by atoms with Gasteiger partial charge < -0.3 is 15.0 Å². The first-order valence-corrected chi connectivity index (χ1v) is 7.10. The second-order valence-electron chi connectivity index (χ2n) is 4.98. The topological polar surface area (TPSA) is 37.4 Å². The second-order valence-corrected chi connectivity index (χ2v) is 4.98. The number of ether oxygens (including phenoxy) is 1. The zero-order valence-electron chi connectivity index (χ0n) is 12.6. The second kappa shape index (κ2) is 8.88. The Morgan fingerprint density at radius 3 is 2.84 bits per heavy atom. The fourth-order valence-corrected chi connectivity index (χ4v) is 1.96. The summed E-state index contributed by atoms with van der Waals surface area (Å²) in [6, 6.07) is 4.65. The third-order valence-electron chi connectivity index (χ3n) is 3.02. The maximum atomic E-state index is 5.17. The monoisotopic (exact) mass is 265 g/mol. The summed E-state index contributed by atoms with van der Waals surface area (Å²) in [6.07, 6.45) is 3.05. The largest absolute Gasteiger partial charge is 0.383 e. The molecule has 4 nitrogen and oxygen atoms in total. The Hall–Kier alpha value is -1.13. The van der Waals surface area contributed by atoms with Gasteiger partial charge in [-0.3, -0.25) is 0 Å². The Bertz CT molecular complexity index is 355. The van der Waals surface area contributed by atoms with Gasteiger partial charge >= 0.3 is 0 Å². The summed E-state index contributed by atoms with van der Waals surface area (Å²) in [5.74, 6) is 1.03. The number of nitrogens with zero attached hydrogens (tertiary/aromatic N) is 2. The molecule has 1 N–H and O–H groups in total. The van der Waals surface area contributed by atoms with E-state index < -0.39 is 0 Å². The summed E-state index contributed by atoms with van der Waals surface area (Å²) < 4.78 is 5.17. The van der Waals surface area contributed by atoms with Gasteiger partial charge in [0.1, 0.15) is 5.82 Å². The number of anilines is 1. The van der Waals surface area contributed by atoms with E-state index in [0.29, 0.717) is 6.04 Å². The van der Waals surface area contributed by atoms with Crippen molar-refractivity contribution in [2.75, 3.05) is 31.7 Å². The smallest absolute Gasteiger partial charge is 0.129 e. The highest BCUT2D eigenvalue weighted by atomic mass is 16.5. The molecule has 1 heterocycles. The van der Waals surface area contributed by atoms with Gasteiger partial charge in [0.15, 0.2) is 0 Å². The minimum Gasteiger partial charge on any atom is -0.383 e. The van der Waals surface area contributed by atoms with Crippen molar-refractivity contribution in [3.8, 4) is 0 Å². The summed E-state index contributed by atoms with van der Waals surface area (Å²) in [4.78, 5) is 6.76. The van der Waals surface area contributed by atoms with Crippen LogP contribution in [-0.2, 0) is 11.3 Å². The molecule has 0 saturated heterocycles. The lowest BCUT2D eigenvalue weighted by atomic mass is 10.2. The summed E-state index contributed by atoms with van der Waals surface area (Å²) in [6.45, 7) is 10.1. The van der Waals surface area contributed by atoms with Gasteiger partial charge in [-0.15, -0.1) is 0 Å². The molecule has 0 aromatic carbocycles. The normalized spacial score (nSPS) is 11.0. The molecule has 0 aliphatic rings. The molecular formula is C15H27N3O. The summed E-state index contributed by atoms with van der Waals surface area (Å²) in [7, 11) is 1.73. The number of hydrogen-bond acceptors (Lipinski definition) is 4. The van der Waals surface area contributed by atoms with E-state index in [9.17, 15) is 0 Å². The molecule has 108 valence electrons. The first-order chi connectivity index (χ1) is 9.19. The van der Waals surface area contributed by atoms with Crippen molar-refractivity contribution in [2.24, 2.45) is 0 Å². The van der Waals surface area contributed by atoms with Crippen molar-refractivity contribution in [1.29, 1.82) is 0 Å². The number of methoxy groups -OCH3 is 1. The Kier molecular flexibility index (Phi) is 7.45. The third kappa shape index (κ3) is 5.57. The number of rotatable bonds is 9. The predicted molar refractivity (Wildman–Crippen MR) is 80.6 cm³/mol. The van der Waals surface area contributed by atoms with Gasteiger partial charge in [0.2, 0.25) is 0 Å². The SMILES string of the molecule is CCCNCc1ccnc(N(CCOC)C(C)C)c1. The third-order valence-corrected chi connectivity index (χ3v) is 3.02. The highest BCUT2D eigenvalue weighted by molar-refractivity contribution is 5.41. The lowest BCUT2D eigenvalue weighted by Gasteiger charge is -2.27. The van der Waals surface area contributed by atoms with E-state index in [0.717, 1.165) is 38.5 Å². The molecule has 0 bridgehead atoms. The van der Waals surface area contributed by atoms with Gasteiger partial charge in [-0.2, -0.15) is 0 Å². The summed E-state index contributed by atoms with van der Waals surface area (Å²) in [5.41, 5.74) is 1.28. The van der Waals surface area contributed by atoms with E-state index in [2.05, 4.69) is 48.1 Å². The molecule has 4 heteroatoms. The van der Waals surface area contributed by atoms with Crippen LogP contribution in [0.3, 0.4) is 0 Å². The fraction of sp³-hybridized carbons (Fsp3) is 0.667. The molecular weight excluding hydrogens is 238 g/mol. The van der Waals surface area contributed by atoms with Crippen LogP contribution in [-0.4, -0.2) is 37.8 Å². The highest BCUT2D eigenvalue weighted by Crippen LogP contribution is 2.15. The molecule has 1 aromatic heterocycles. The number of nitrogens with one attached hydrogen (secondary N) is 1.